The minimum absolute atomic E-state index is 0.339. The number of ether oxygens (including phenoxy) is 2. The zero-order valence-electron chi connectivity index (χ0n) is 17.9. The van der Waals surface area contributed by atoms with E-state index in [1.165, 1.54) is 31.2 Å². The van der Waals surface area contributed by atoms with Crippen LogP contribution in [0, 0.1) is 0 Å². The minimum Gasteiger partial charge on any atom is -0.497 e. The molecular formula is C22H38N4O2. The van der Waals surface area contributed by atoms with E-state index < -0.39 is 0 Å². The van der Waals surface area contributed by atoms with Crippen LogP contribution in [0.5, 0.6) is 5.75 Å². The normalized spacial score (nSPS) is 16.6. The molecule has 1 atom stereocenters. The molecule has 0 spiro atoms. The Bertz CT molecular complexity index is 556. The molecule has 0 aromatic heterocycles. The van der Waals surface area contributed by atoms with E-state index in [4.69, 9.17) is 9.47 Å². The number of nitrogens with one attached hydrogen (secondary N) is 2. The van der Waals surface area contributed by atoms with Gasteiger partial charge in [-0.15, -0.1) is 0 Å². The summed E-state index contributed by atoms with van der Waals surface area (Å²) in [4.78, 5) is 6.98. The number of benzene rings is 1. The fourth-order valence-corrected chi connectivity index (χ4v) is 3.68. The third kappa shape index (κ3) is 7.68. The van der Waals surface area contributed by atoms with Gasteiger partial charge < -0.3 is 20.1 Å². The lowest BCUT2D eigenvalue weighted by molar-refractivity contribution is 0.164. The zero-order valence-corrected chi connectivity index (χ0v) is 17.9. The van der Waals surface area contributed by atoms with Crippen LogP contribution in [-0.2, 0) is 4.74 Å². The fourth-order valence-electron chi connectivity index (χ4n) is 3.68. The van der Waals surface area contributed by atoms with Gasteiger partial charge in [0.15, 0.2) is 5.96 Å². The standard InChI is InChI=1S/C22H38N4O2/c1-23-22(24-14-6-4-9-17-27-2)25-18-21(26-15-7-5-8-16-26)19-10-12-20(28-3)13-11-19/h10-13,21H,4-9,14-18H2,1-3H3,(H2,23,24,25). The van der Waals surface area contributed by atoms with E-state index in [1.807, 2.05) is 7.05 Å². The van der Waals surface area contributed by atoms with Gasteiger partial charge in [0.2, 0.25) is 0 Å². The summed E-state index contributed by atoms with van der Waals surface area (Å²) < 4.78 is 10.4. The molecule has 0 amide bonds. The van der Waals surface area contributed by atoms with Gasteiger partial charge in [-0.2, -0.15) is 0 Å². The van der Waals surface area contributed by atoms with Gasteiger partial charge >= 0.3 is 0 Å². The first kappa shape index (κ1) is 22.5. The summed E-state index contributed by atoms with van der Waals surface area (Å²) in [5.41, 5.74) is 1.32. The summed E-state index contributed by atoms with van der Waals surface area (Å²) in [7, 11) is 5.30. The molecule has 1 aromatic rings. The van der Waals surface area contributed by atoms with Crippen LogP contribution in [0.15, 0.2) is 29.3 Å². The van der Waals surface area contributed by atoms with Gasteiger partial charge in [0, 0.05) is 33.9 Å². The van der Waals surface area contributed by atoms with E-state index in [2.05, 4.69) is 44.8 Å². The summed E-state index contributed by atoms with van der Waals surface area (Å²) >= 11 is 0. The van der Waals surface area contributed by atoms with Crippen LogP contribution in [0.25, 0.3) is 0 Å². The molecule has 1 aliphatic rings. The van der Waals surface area contributed by atoms with Crippen molar-refractivity contribution in [1.29, 1.82) is 0 Å². The Kier molecular flexibility index (Phi) is 10.8. The van der Waals surface area contributed by atoms with Crippen LogP contribution in [0.2, 0.25) is 0 Å². The molecule has 6 nitrogen and oxygen atoms in total. The first-order chi connectivity index (χ1) is 13.8. The lowest BCUT2D eigenvalue weighted by atomic mass is 10.0. The van der Waals surface area contributed by atoms with Crippen LogP contribution in [0.4, 0.5) is 0 Å². The molecule has 1 unspecified atom stereocenters. The van der Waals surface area contributed by atoms with Crippen molar-refractivity contribution in [3.05, 3.63) is 29.8 Å². The van der Waals surface area contributed by atoms with E-state index in [1.54, 1.807) is 14.2 Å². The highest BCUT2D eigenvalue weighted by atomic mass is 16.5. The van der Waals surface area contributed by atoms with Crippen LogP contribution in [0.3, 0.4) is 0 Å². The molecule has 1 aromatic carbocycles. The third-order valence-electron chi connectivity index (χ3n) is 5.34. The number of hydrogen-bond donors (Lipinski definition) is 2. The average molecular weight is 391 g/mol. The number of methoxy groups -OCH3 is 2. The topological polar surface area (TPSA) is 58.1 Å². The van der Waals surface area contributed by atoms with E-state index in [0.717, 1.165) is 57.3 Å². The molecule has 0 saturated carbocycles. The average Bonchev–Trinajstić information content (AvgIpc) is 2.76. The zero-order chi connectivity index (χ0) is 20.0. The van der Waals surface area contributed by atoms with Crippen LogP contribution >= 0.6 is 0 Å². The predicted octanol–water partition coefficient (Wildman–Crippen LogP) is 3.20. The summed E-state index contributed by atoms with van der Waals surface area (Å²) in [6.45, 7) is 4.93. The van der Waals surface area contributed by atoms with Crippen molar-refractivity contribution in [3.63, 3.8) is 0 Å². The van der Waals surface area contributed by atoms with Crippen LogP contribution in [0.1, 0.15) is 50.1 Å². The molecule has 0 aliphatic carbocycles. The second-order valence-electron chi connectivity index (χ2n) is 7.32. The molecule has 28 heavy (non-hydrogen) atoms. The molecule has 2 rings (SSSR count). The van der Waals surface area contributed by atoms with Gasteiger partial charge in [0.05, 0.1) is 13.2 Å². The van der Waals surface area contributed by atoms with Crippen molar-refractivity contribution in [2.45, 2.75) is 44.6 Å². The number of nitrogens with zero attached hydrogens (tertiary/aromatic N) is 2. The largest absolute Gasteiger partial charge is 0.497 e. The maximum Gasteiger partial charge on any atom is 0.191 e. The van der Waals surface area contributed by atoms with Gasteiger partial charge in [-0.25, -0.2) is 0 Å². The van der Waals surface area contributed by atoms with Gasteiger partial charge in [-0.1, -0.05) is 18.6 Å². The Morgan fingerprint density at radius 1 is 1.04 bits per heavy atom. The molecular weight excluding hydrogens is 352 g/mol. The Labute approximate surface area is 170 Å². The molecule has 0 radical (unpaired) electrons. The van der Waals surface area contributed by atoms with Crippen molar-refractivity contribution >= 4 is 5.96 Å². The number of hydrogen-bond acceptors (Lipinski definition) is 4. The summed E-state index contributed by atoms with van der Waals surface area (Å²) in [6, 6.07) is 8.82. The highest BCUT2D eigenvalue weighted by Crippen LogP contribution is 2.25. The fraction of sp³-hybridized carbons (Fsp3) is 0.682. The maximum atomic E-state index is 5.32. The van der Waals surface area contributed by atoms with Crippen molar-refractivity contribution in [2.75, 3.05) is 54.1 Å². The molecule has 158 valence electrons. The molecule has 1 aliphatic heterocycles. The number of rotatable bonds is 11. The first-order valence-electron chi connectivity index (χ1n) is 10.6. The lowest BCUT2D eigenvalue weighted by Crippen LogP contribution is -2.44. The third-order valence-corrected chi connectivity index (χ3v) is 5.34. The molecule has 1 heterocycles. The number of likely N-dealkylation sites (tertiary alicyclic amines) is 1. The van der Waals surface area contributed by atoms with E-state index in [9.17, 15) is 0 Å². The highest BCUT2D eigenvalue weighted by molar-refractivity contribution is 5.79. The van der Waals surface area contributed by atoms with E-state index in [0.29, 0.717) is 6.04 Å². The highest BCUT2D eigenvalue weighted by Gasteiger charge is 2.22. The van der Waals surface area contributed by atoms with Crippen molar-refractivity contribution in [1.82, 2.24) is 15.5 Å². The van der Waals surface area contributed by atoms with E-state index >= 15 is 0 Å². The number of aliphatic imine (C=N–C) groups is 1. The maximum absolute atomic E-state index is 5.32. The second-order valence-corrected chi connectivity index (χ2v) is 7.32. The van der Waals surface area contributed by atoms with Gasteiger partial charge in [-0.05, 0) is 62.9 Å². The Morgan fingerprint density at radius 3 is 2.43 bits per heavy atom. The lowest BCUT2D eigenvalue weighted by Gasteiger charge is -2.35. The minimum atomic E-state index is 0.339. The summed E-state index contributed by atoms with van der Waals surface area (Å²) in [5, 5.41) is 6.97. The number of piperidine rings is 1. The molecule has 1 saturated heterocycles. The van der Waals surface area contributed by atoms with Gasteiger partial charge in [0.1, 0.15) is 5.75 Å². The smallest absolute Gasteiger partial charge is 0.191 e. The molecule has 1 fully saturated rings. The molecule has 2 N–H and O–H groups in total. The van der Waals surface area contributed by atoms with Gasteiger partial charge in [0.25, 0.3) is 0 Å². The monoisotopic (exact) mass is 390 g/mol. The Balaban J connectivity index is 1.89. The van der Waals surface area contributed by atoms with Crippen molar-refractivity contribution in [3.8, 4) is 5.75 Å². The first-order valence-corrected chi connectivity index (χ1v) is 10.6. The summed E-state index contributed by atoms with van der Waals surface area (Å²) in [5.74, 6) is 1.78. The van der Waals surface area contributed by atoms with Crippen LogP contribution in [-0.4, -0.2) is 64.9 Å². The van der Waals surface area contributed by atoms with Crippen molar-refractivity contribution in [2.24, 2.45) is 4.99 Å². The van der Waals surface area contributed by atoms with Crippen LogP contribution < -0.4 is 15.4 Å². The molecule has 6 heteroatoms. The number of guanidine groups is 1. The molecule has 0 bridgehead atoms. The van der Waals surface area contributed by atoms with Crippen molar-refractivity contribution < 1.29 is 9.47 Å². The number of unbranched alkanes of at least 4 members (excludes halogenated alkanes) is 2. The SMILES string of the molecule is CN=C(NCCCCCOC)NCC(c1ccc(OC)cc1)N1CCCCC1. The van der Waals surface area contributed by atoms with E-state index in [-0.39, 0.29) is 0 Å². The quantitative estimate of drug-likeness (QED) is 0.345. The second kappa shape index (κ2) is 13.4. The Morgan fingerprint density at radius 2 is 1.79 bits per heavy atom. The van der Waals surface area contributed by atoms with Gasteiger partial charge in [-0.3, -0.25) is 9.89 Å². The predicted molar refractivity (Wildman–Crippen MR) is 116 cm³/mol. The Hall–Kier alpha value is -1.79. The summed E-state index contributed by atoms with van der Waals surface area (Å²) in [6.07, 6.45) is 7.30.